The molecule has 0 atom stereocenters. The molecule has 2 aliphatic heterocycles. The molecular weight excluding hydrogens is 362 g/mol. The van der Waals surface area contributed by atoms with E-state index in [1.807, 2.05) is 52.3 Å². The first-order chi connectivity index (χ1) is 12.6. The fourth-order valence-corrected chi connectivity index (χ4v) is 3.86. The van der Waals surface area contributed by atoms with Crippen molar-refractivity contribution in [3.05, 3.63) is 59.2 Å². The maximum absolute atomic E-state index is 13.0. The van der Waals surface area contributed by atoms with E-state index in [0.29, 0.717) is 25.1 Å². The lowest BCUT2D eigenvalue weighted by Gasteiger charge is -2.30. The Kier molecular flexibility index (Phi) is 5.71. The van der Waals surface area contributed by atoms with Gasteiger partial charge in [0.05, 0.1) is 0 Å². The van der Waals surface area contributed by atoms with Crippen LogP contribution in [0.3, 0.4) is 0 Å². The van der Waals surface area contributed by atoms with Crippen molar-refractivity contribution in [3.63, 3.8) is 0 Å². The maximum atomic E-state index is 13.0. The molecule has 5 nitrogen and oxygen atoms in total. The third-order valence-electron chi connectivity index (χ3n) is 5.28. The molecule has 0 bridgehead atoms. The van der Waals surface area contributed by atoms with E-state index < -0.39 is 0 Å². The van der Waals surface area contributed by atoms with Gasteiger partial charge in [0.25, 0.3) is 5.91 Å². The number of nitrogen functional groups attached to an aromatic ring is 1. The summed E-state index contributed by atoms with van der Waals surface area (Å²) in [5, 5.41) is 0. The molecule has 2 aliphatic rings. The summed E-state index contributed by atoms with van der Waals surface area (Å²) >= 11 is 0. The first-order valence-electron chi connectivity index (χ1n) is 9.19. The zero-order valence-electron chi connectivity index (χ0n) is 15.2. The monoisotopic (exact) mass is 385 g/mol. The van der Waals surface area contributed by atoms with Crippen LogP contribution in [0.4, 0.5) is 11.4 Å². The van der Waals surface area contributed by atoms with Gasteiger partial charge >= 0.3 is 0 Å². The predicted molar refractivity (Wildman–Crippen MR) is 109 cm³/mol. The topological polar surface area (TPSA) is 66.6 Å². The van der Waals surface area contributed by atoms with Gasteiger partial charge < -0.3 is 15.5 Å². The summed E-state index contributed by atoms with van der Waals surface area (Å²) in [6, 6.07) is 13.4. The van der Waals surface area contributed by atoms with E-state index in [1.54, 1.807) is 0 Å². The molecule has 0 unspecified atom stereocenters. The number of benzene rings is 2. The Bertz CT molecular complexity index is 851. The van der Waals surface area contributed by atoms with Crippen molar-refractivity contribution in [1.29, 1.82) is 0 Å². The normalized spacial score (nSPS) is 16.1. The number of rotatable bonds is 3. The molecule has 2 N–H and O–H groups in total. The molecule has 27 heavy (non-hydrogen) atoms. The van der Waals surface area contributed by atoms with Crippen molar-refractivity contribution in [1.82, 2.24) is 4.90 Å². The molecule has 0 aliphatic carbocycles. The molecule has 0 saturated carbocycles. The zero-order valence-corrected chi connectivity index (χ0v) is 16.0. The molecule has 2 aromatic carbocycles. The molecule has 2 amide bonds. The number of carbonyl (C=O) groups is 2. The van der Waals surface area contributed by atoms with Crippen LogP contribution in [-0.4, -0.2) is 29.8 Å². The van der Waals surface area contributed by atoms with Gasteiger partial charge in [-0.15, -0.1) is 12.4 Å². The molecule has 0 radical (unpaired) electrons. The van der Waals surface area contributed by atoms with Gasteiger partial charge in [0, 0.05) is 43.0 Å². The van der Waals surface area contributed by atoms with Crippen LogP contribution in [-0.2, 0) is 17.8 Å². The van der Waals surface area contributed by atoms with Crippen LogP contribution in [0.15, 0.2) is 42.5 Å². The van der Waals surface area contributed by atoms with Crippen LogP contribution in [0.2, 0.25) is 0 Å². The third kappa shape index (κ3) is 3.78. The Labute approximate surface area is 165 Å². The van der Waals surface area contributed by atoms with Crippen molar-refractivity contribution in [2.75, 3.05) is 23.7 Å². The van der Waals surface area contributed by atoms with Crippen molar-refractivity contribution in [3.8, 4) is 0 Å². The molecular formula is C21H24ClN3O2. The highest BCUT2D eigenvalue weighted by Crippen LogP contribution is 2.32. The van der Waals surface area contributed by atoms with Gasteiger partial charge in [0.1, 0.15) is 0 Å². The standard InChI is InChI=1S/C21H23N3O2.ClH/c22-18-5-1-6-19-17(18)4-2-13-24(19)21(26)16-10-8-15(9-11-16)14-23-12-3-7-20(23)25;/h1,5-6,8-11H,2-4,7,12-14,22H2;1H. The summed E-state index contributed by atoms with van der Waals surface area (Å²) in [7, 11) is 0. The zero-order chi connectivity index (χ0) is 18.1. The number of anilines is 2. The number of carbonyl (C=O) groups excluding carboxylic acids is 2. The molecule has 2 aromatic rings. The van der Waals surface area contributed by atoms with Gasteiger partial charge in [0.2, 0.25) is 5.91 Å². The number of nitrogens with two attached hydrogens (primary N) is 1. The van der Waals surface area contributed by atoms with Crippen molar-refractivity contribution >= 4 is 35.6 Å². The Morgan fingerprint density at radius 1 is 1.00 bits per heavy atom. The van der Waals surface area contributed by atoms with E-state index in [4.69, 9.17) is 5.73 Å². The average molecular weight is 386 g/mol. The van der Waals surface area contributed by atoms with Gasteiger partial charge in [-0.3, -0.25) is 9.59 Å². The first-order valence-corrected chi connectivity index (χ1v) is 9.19. The van der Waals surface area contributed by atoms with Gasteiger partial charge in [-0.25, -0.2) is 0 Å². The van der Waals surface area contributed by atoms with Gasteiger partial charge in [-0.05, 0) is 54.7 Å². The number of halogens is 1. The minimum atomic E-state index is 0. The van der Waals surface area contributed by atoms with E-state index >= 15 is 0 Å². The molecule has 0 aromatic heterocycles. The number of nitrogens with zero attached hydrogens (tertiary/aromatic N) is 2. The molecule has 6 heteroatoms. The minimum Gasteiger partial charge on any atom is -0.398 e. The number of hydrogen-bond acceptors (Lipinski definition) is 3. The lowest BCUT2D eigenvalue weighted by Crippen LogP contribution is -2.35. The highest BCUT2D eigenvalue weighted by Gasteiger charge is 2.25. The smallest absolute Gasteiger partial charge is 0.258 e. The van der Waals surface area contributed by atoms with Gasteiger partial charge in [-0.2, -0.15) is 0 Å². The molecule has 0 spiro atoms. The molecule has 2 heterocycles. The lowest BCUT2D eigenvalue weighted by atomic mass is 9.99. The molecule has 142 valence electrons. The van der Waals surface area contributed by atoms with Crippen molar-refractivity contribution < 1.29 is 9.59 Å². The highest BCUT2D eigenvalue weighted by atomic mass is 35.5. The average Bonchev–Trinajstić information content (AvgIpc) is 3.06. The van der Waals surface area contributed by atoms with E-state index in [1.165, 1.54) is 0 Å². The van der Waals surface area contributed by atoms with Gasteiger partial charge in [0.15, 0.2) is 0 Å². The quantitative estimate of drug-likeness (QED) is 0.823. The molecule has 4 rings (SSSR count). The number of fused-ring (bicyclic) bond motifs is 1. The van der Waals surface area contributed by atoms with Crippen LogP contribution in [0.25, 0.3) is 0 Å². The Hall–Kier alpha value is -2.53. The summed E-state index contributed by atoms with van der Waals surface area (Å²) in [5.74, 6) is 0.216. The predicted octanol–water partition coefficient (Wildman–Crippen LogP) is 3.41. The minimum absolute atomic E-state index is 0. The van der Waals surface area contributed by atoms with Crippen LogP contribution in [0, 0.1) is 0 Å². The van der Waals surface area contributed by atoms with E-state index in [-0.39, 0.29) is 24.2 Å². The SMILES string of the molecule is Cl.Nc1cccc2c1CCCN2C(=O)c1ccc(CN2CCCC2=O)cc1. The van der Waals surface area contributed by atoms with E-state index in [0.717, 1.165) is 48.3 Å². The summed E-state index contributed by atoms with van der Waals surface area (Å²) in [6.45, 7) is 2.15. The van der Waals surface area contributed by atoms with Crippen LogP contribution in [0.1, 0.15) is 40.7 Å². The van der Waals surface area contributed by atoms with Crippen molar-refractivity contribution in [2.45, 2.75) is 32.2 Å². The van der Waals surface area contributed by atoms with Crippen molar-refractivity contribution in [2.24, 2.45) is 0 Å². The largest absolute Gasteiger partial charge is 0.398 e. The second-order valence-electron chi connectivity index (χ2n) is 7.02. The highest BCUT2D eigenvalue weighted by molar-refractivity contribution is 6.07. The molecule has 1 saturated heterocycles. The molecule has 1 fully saturated rings. The van der Waals surface area contributed by atoms with E-state index in [9.17, 15) is 9.59 Å². The fraction of sp³-hybridized carbons (Fsp3) is 0.333. The summed E-state index contributed by atoms with van der Waals surface area (Å²) < 4.78 is 0. The van der Waals surface area contributed by atoms with Crippen LogP contribution >= 0.6 is 12.4 Å². The van der Waals surface area contributed by atoms with Gasteiger partial charge in [-0.1, -0.05) is 18.2 Å². The summed E-state index contributed by atoms with van der Waals surface area (Å²) in [5.41, 5.74) is 10.5. The first kappa shape index (κ1) is 19.2. The lowest BCUT2D eigenvalue weighted by molar-refractivity contribution is -0.128. The number of likely N-dealkylation sites (tertiary alicyclic amines) is 1. The Morgan fingerprint density at radius 3 is 2.44 bits per heavy atom. The second-order valence-corrected chi connectivity index (χ2v) is 7.02. The summed E-state index contributed by atoms with van der Waals surface area (Å²) in [4.78, 5) is 28.5. The fourth-order valence-electron chi connectivity index (χ4n) is 3.86. The second kappa shape index (κ2) is 8.01. The number of hydrogen-bond donors (Lipinski definition) is 1. The van der Waals surface area contributed by atoms with Crippen LogP contribution in [0.5, 0.6) is 0 Å². The maximum Gasteiger partial charge on any atom is 0.258 e. The summed E-state index contributed by atoms with van der Waals surface area (Å²) in [6.07, 6.45) is 3.41. The Balaban J connectivity index is 0.00000210. The Morgan fingerprint density at radius 2 is 1.74 bits per heavy atom. The van der Waals surface area contributed by atoms with Crippen LogP contribution < -0.4 is 10.6 Å². The third-order valence-corrected chi connectivity index (χ3v) is 5.28. The number of amides is 2. The van der Waals surface area contributed by atoms with E-state index in [2.05, 4.69) is 0 Å².